The third-order valence-electron chi connectivity index (χ3n) is 7.00. The second-order valence-electron chi connectivity index (χ2n) is 9.33. The molecule has 0 aromatic rings. The van der Waals surface area contributed by atoms with E-state index < -0.39 is 6.10 Å². The molecular weight excluding hydrogens is 344 g/mol. The Morgan fingerprint density at radius 1 is 1.22 bits per heavy atom. The largest absolute Gasteiger partial charge is 0.392 e. The molecule has 0 bridgehead atoms. The van der Waals surface area contributed by atoms with E-state index in [1.807, 2.05) is 20.8 Å². The molecule has 2 saturated carbocycles. The van der Waals surface area contributed by atoms with Crippen molar-refractivity contribution in [2.75, 3.05) is 13.7 Å². The van der Waals surface area contributed by atoms with E-state index in [1.165, 1.54) is 7.11 Å². The summed E-state index contributed by atoms with van der Waals surface area (Å²) in [4.78, 5) is 24.5. The number of hydrogen-bond acceptors (Lipinski definition) is 4. The fraction of sp³-hybridized carbons (Fsp3) is 0.905. The maximum absolute atomic E-state index is 12.5. The number of carbonyl (C=O) groups is 2. The summed E-state index contributed by atoms with van der Waals surface area (Å²) in [5.41, 5.74) is 0.0616. The number of ether oxygens (including phenoxy) is 1. The molecule has 2 fully saturated rings. The van der Waals surface area contributed by atoms with Crippen LogP contribution in [0.3, 0.4) is 0 Å². The zero-order chi connectivity index (χ0) is 20.4. The molecule has 0 unspecified atom stereocenters. The van der Waals surface area contributed by atoms with E-state index >= 15 is 0 Å². The topological polar surface area (TPSA) is 87.7 Å². The predicted octanol–water partition coefficient (Wildman–Crippen LogP) is 2.10. The number of carbonyl (C=O) groups excluding carboxylic acids is 2. The fourth-order valence-corrected chi connectivity index (χ4v) is 5.49. The Bertz CT molecular complexity index is 538. The quantitative estimate of drug-likeness (QED) is 0.656. The molecule has 0 saturated heterocycles. The Labute approximate surface area is 163 Å². The molecule has 2 aliphatic carbocycles. The minimum absolute atomic E-state index is 0.0195. The van der Waals surface area contributed by atoms with Crippen molar-refractivity contribution in [1.29, 1.82) is 0 Å². The summed E-state index contributed by atoms with van der Waals surface area (Å²) in [6.07, 6.45) is 3.25. The van der Waals surface area contributed by atoms with Gasteiger partial charge in [0.2, 0.25) is 11.8 Å². The fourth-order valence-electron chi connectivity index (χ4n) is 5.49. The van der Waals surface area contributed by atoms with Gasteiger partial charge in [0.1, 0.15) is 6.61 Å². The molecule has 0 aromatic carbocycles. The van der Waals surface area contributed by atoms with Crippen LogP contribution in [0, 0.1) is 29.1 Å². The number of amides is 2. The molecule has 0 spiro atoms. The van der Waals surface area contributed by atoms with Crippen LogP contribution in [0.2, 0.25) is 0 Å². The third-order valence-corrected chi connectivity index (χ3v) is 7.00. The first-order valence-electron chi connectivity index (χ1n) is 10.4. The summed E-state index contributed by atoms with van der Waals surface area (Å²) < 4.78 is 4.93. The summed E-state index contributed by atoms with van der Waals surface area (Å²) in [6.45, 7) is 10.3. The Kier molecular flexibility index (Phi) is 7.31. The Balaban J connectivity index is 2.14. The maximum Gasteiger partial charge on any atom is 0.246 e. The minimum Gasteiger partial charge on any atom is -0.392 e. The lowest BCUT2D eigenvalue weighted by molar-refractivity contribution is -0.144. The van der Waals surface area contributed by atoms with E-state index in [9.17, 15) is 14.7 Å². The Morgan fingerprint density at radius 2 is 1.85 bits per heavy atom. The van der Waals surface area contributed by atoms with Crippen molar-refractivity contribution in [1.82, 2.24) is 10.6 Å². The number of fused-ring (bicyclic) bond motifs is 1. The molecule has 6 nitrogen and oxygen atoms in total. The first-order valence-corrected chi connectivity index (χ1v) is 10.4. The molecule has 0 aromatic heterocycles. The Hall–Kier alpha value is -1.14. The van der Waals surface area contributed by atoms with E-state index in [2.05, 4.69) is 24.5 Å². The van der Waals surface area contributed by atoms with Crippen molar-refractivity contribution in [3.8, 4) is 0 Å². The molecule has 0 heterocycles. The van der Waals surface area contributed by atoms with Crippen LogP contribution in [0.15, 0.2) is 0 Å². The summed E-state index contributed by atoms with van der Waals surface area (Å²) in [7, 11) is 1.51. The molecular formula is C21H38N2O4. The van der Waals surface area contributed by atoms with Crippen LogP contribution in [-0.2, 0) is 14.3 Å². The van der Waals surface area contributed by atoms with Gasteiger partial charge in [-0.15, -0.1) is 0 Å². The smallest absolute Gasteiger partial charge is 0.246 e. The number of methoxy groups -OCH3 is 1. The second kappa shape index (κ2) is 8.91. The Morgan fingerprint density at radius 3 is 2.44 bits per heavy atom. The minimum atomic E-state index is -0.534. The van der Waals surface area contributed by atoms with Gasteiger partial charge in [0.05, 0.1) is 6.10 Å². The average molecular weight is 383 g/mol. The summed E-state index contributed by atoms with van der Waals surface area (Å²) in [5.74, 6) is -0.120. The highest BCUT2D eigenvalue weighted by molar-refractivity contribution is 5.79. The maximum atomic E-state index is 12.5. The highest BCUT2D eigenvalue weighted by atomic mass is 16.5. The zero-order valence-corrected chi connectivity index (χ0v) is 17.7. The van der Waals surface area contributed by atoms with Gasteiger partial charge in [-0.2, -0.15) is 0 Å². The van der Waals surface area contributed by atoms with Crippen LogP contribution in [-0.4, -0.2) is 48.8 Å². The van der Waals surface area contributed by atoms with Gasteiger partial charge in [0.25, 0.3) is 0 Å². The molecule has 6 heteroatoms. The standard InChI is InChI=1S/C21H38N2O4/c1-12(2)22-20(26)13(3)15-7-9-21(5)10-8-16(23-17(24)11-27-6)14(4)18(21)19(15)25/h12-16,18-19,25H,7-11H2,1-6H3,(H,22,26)(H,23,24)/t13-,14+,15-,16-,18+,19-,21-/m0/s1. The lowest BCUT2D eigenvalue weighted by atomic mass is 9.51. The first-order chi connectivity index (χ1) is 12.6. The average Bonchev–Trinajstić information content (AvgIpc) is 2.57. The van der Waals surface area contributed by atoms with Crippen molar-refractivity contribution in [2.24, 2.45) is 29.1 Å². The monoisotopic (exact) mass is 382 g/mol. The van der Waals surface area contributed by atoms with Crippen molar-refractivity contribution in [3.05, 3.63) is 0 Å². The lowest BCUT2D eigenvalue weighted by Gasteiger charge is -2.56. The molecule has 27 heavy (non-hydrogen) atoms. The van der Waals surface area contributed by atoms with Crippen LogP contribution in [0.25, 0.3) is 0 Å². The third kappa shape index (κ3) is 4.83. The van der Waals surface area contributed by atoms with Crippen molar-refractivity contribution in [2.45, 2.75) is 78.5 Å². The van der Waals surface area contributed by atoms with E-state index in [-0.39, 0.29) is 59.6 Å². The highest BCUT2D eigenvalue weighted by Gasteiger charge is 2.53. The molecule has 2 aliphatic rings. The molecule has 2 rings (SSSR count). The lowest BCUT2D eigenvalue weighted by Crippen LogP contribution is -2.59. The van der Waals surface area contributed by atoms with Gasteiger partial charge in [0, 0.05) is 25.1 Å². The van der Waals surface area contributed by atoms with Crippen LogP contribution in [0.4, 0.5) is 0 Å². The van der Waals surface area contributed by atoms with Crippen molar-refractivity contribution in [3.63, 3.8) is 0 Å². The molecule has 7 atom stereocenters. The van der Waals surface area contributed by atoms with E-state index in [1.54, 1.807) is 0 Å². The number of nitrogens with one attached hydrogen (secondary N) is 2. The van der Waals surface area contributed by atoms with Gasteiger partial charge >= 0.3 is 0 Å². The molecule has 0 aliphatic heterocycles. The van der Waals surface area contributed by atoms with Crippen molar-refractivity contribution >= 4 is 11.8 Å². The number of aliphatic hydroxyl groups is 1. The normalized spacial score (nSPS) is 37.4. The van der Waals surface area contributed by atoms with Gasteiger partial charge in [-0.05, 0) is 62.7 Å². The van der Waals surface area contributed by atoms with Crippen LogP contribution < -0.4 is 10.6 Å². The first kappa shape index (κ1) is 22.2. The zero-order valence-electron chi connectivity index (χ0n) is 17.7. The van der Waals surface area contributed by atoms with Gasteiger partial charge in [-0.3, -0.25) is 9.59 Å². The molecule has 2 amide bonds. The summed E-state index contributed by atoms with van der Waals surface area (Å²) in [5, 5.41) is 17.4. The number of rotatable bonds is 6. The van der Waals surface area contributed by atoms with Gasteiger partial charge in [-0.25, -0.2) is 0 Å². The summed E-state index contributed by atoms with van der Waals surface area (Å²) >= 11 is 0. The van der Waals surface area contributed by atoms with Crippen LogP contribution in [0.1, 0.15) is 60.3 Å². The number of hydrogen-bond donors (Lipinski definition) is 3. The van der Waals surface area contributed by atoms with Gasteiger partial charge in [-0.1, -0.05) is 20.8 Å². The van der Waals surface area contributed by atoms with E-state index in [4.69, 9.17) is 4.74 Å². The van der Waals surface area contributed by atoms with Gasteiger partial charge < -0.3 is 20.5 Å². The molecule has 3 N–H and O–H groups in total. The molecule has 156 valence electrons. The van der Waals surface area contributed by atoms with Crippen molar-refractivity contribution < 1.29 is 19.4 Å². The summed E-state index contributed by atoms with van der Waals surface area (Å²) in [6, 6.07) is 0.138. The van der Waals surface area contributed by atoms with Gasteiger partial charge in [0.15, 0.2) is 0 Å². The van der Waals surface area contributed by atoms with Crippen LogP contribution >= 0.6 is 0 Å². The highest BCUT2D eigenvalue weighted by Crippen LogP contribution is 2.55. The SMILES string of the molecule is COCC(=O)N[C@H]1CC[C@]2(C)CC[C@@H]([C@H](C)C(=O)NC(C)C)[C@H](O)[C@H]2[C@@H]1C. The predicted molar refractivity (Wildman–Crippen MR) is 105 cm³/mol. The van der Waals surface area contributed by atoms with E-state index in [0.717, 1.165) is 25.7 Å². The second-order valence-corrected chi connectivity index (χ2v) is 9.33. The van der Waals surface area contributed by atoms with E-state index in [0.29, 0.717) is 0 Å². The number of aliphatic hydroxyl groups excluding tert-OH is 1. The molecule has 0 radical (unpaired) electrons. The van der Waals surface area contributed by atoms with Crippen LogP contribution in [0.5, 0.6) is 0 Å².